The Labute approximate surface area is 85.1 Å². The highest BCUT2D eigenvalue weighted by Crippen LogP contribution is 2.46. The van der Waals surface area contributed by atoms with E-state index in [-0.39, 0.29) is 5.54 Å². The summed E-state index contributed by atoms with van der Waals surface area (Å²) in [6, 6.07) is 0. The standard InChI is InChI=1S/C11H19NO2/c1-10(2)7-12(8-10)11(4-3-5-11)6-9(13)14/h3-8H2,1-2H3,(H,13,14). The van der Waals surface area contributed by atoms with Crippen LogP contribution < -0.4 is 0 Å². The van der Waals surface area contributed by atoms with Crippen molar-refractivity contribution in [1.29, 1.82) is 0 Å². The quantitative estimate of drug-likeness (QED) is 0.749. The first-order valence-corrected chi connectivity index (χ1v) is 5.41. The van der Waals surface area contributed by atoms with Gasteiger partial charge < -0.3 is 5.11 Å². The molecule has 0 aromatic rings. The third-order valence-electron chi connectivity index (χ3n) is 3.67. The second kappa shape index (κ2) is 2.96. The number of hydrogen-bond acceptors (Lipinski definition) is 2. The topological polar surface area (TPSA) is 40.5 Å². The number of hydrogen-bond donors (Lipinski definition) is 1. The third kappa shape index (κ3) is 1.54. The van der Waals surface area contributed by atoms with Crippen LogP contribution >= 0.6 is 0 Å². The van der Waals surface area contributed by atoms with Crippen molar-refractivity contribution in [3.05, 3.63) is 0 Å². The van der Waals surface area contributed by atoms with E-state index in [1.54, 1.807) is 0 Å². The molecule has 0 aromatic heterocycles. The zero-order chi connectivity index (χ0) is 10.4. The maximum absolute atomic E-state index is 10.8. The second-order valence-corrected chi connectivity index (χ2v) is 5.67. The number of rotatable bonds is 3. The van der Waals surface area contributed by atoms with E-state index < -0.39 is 5.97 Å². The van der Waals surface area contributed by atoms with Crippen LogP contribution in [0.1, 0.15) is 39.5 Å². The van der Waals surface area contributed by atoms with Crippen molar-refractivity contribution in [2.45, 2.75) is 45.1 Å². The molecule has 14 heavy (non-hydrogen) atoms. The first kappa shape index (κ1) is 9.97. The number of likely N-dealkylation sites (tertiary alicyclic amines) is 1. The summed E-state index contributed by atoms with van der Waals surface area (Å²) in [5, 5.41) is 8.89. The van der Waals surface area contributed by atoms with Gasteiger partial charge in [-0.1, -0.05) is 13.8 Å². The summed E-state index contributed by atoms with van der Waals surface area (Å²) in [5.41, 5.74) is 0.433. The van der Waals surface area contributed by atoms with Gasteiger partial charge in [-0.25, -0.2) is 0 Å². The van der Waals surface area contributed by atoms with Crippen LogP contribution in [-0.2, 0) is 4.79 Å². The van der Waals surface area contributed by atoms with Crippen LogP contribution in [0, 0.1) is 5.41 Å². The Balaban J connectivity index is 1.97. The summed E-state index contributed by atoms with van der Waals surface area (Å²) in [4.78, 5) is 13.2. The molecule has 80 valence electrons. The molecule has 3 nitrogen and oxygen atoms in total. The molecule has 0 atom stereocenters. The number of nitrogens with zero attached hydrogens (tertiary/aromatic N) is 1. The Morgan fingerprint density at radius 3 is 2.21 bits per heavy atom. The van der Waals surface area contributed by atoms with Crippen LogP contribution in [0.25, 0.3) is 0 Å². The molecule has 3 heteroatoms. The second-order valence-electron chi connectivity index (χ2n) is 5.67. The fourth-order valence-electron chi connectivity index (χ4n) is 2.79. The molecular weight excluding hydrogens is 178 g/mol. The predicted octanol–water partition coefficient (Wildman–Crippen LogP) is 1.73. The Bertz CT molecular complexity index is 248. The monoisotopic (exact) mass is 197 g/mol. The number of carboxylic acid groups (broad SMARTS) is 1. The first-order chi connectivity index (χ1) is 6.44. The highest BCUT2D eigenvalue weighted by atomic mass is 16.4. The molecule has 2 rings (SSSR count). The molecule has 1 heterocycles. The van der Waals surface area contributed by atoms with Gasteiger partial charge in [-0.05, 0) is 24.7 Å². The van der Waals surface area contributed by atoms with Crippen molar-refractivity contribution in [1.82, 2.24) is 4.90 Å². The highest BCUT2D eigenvalue weighted by Gasteiger charge is 2.50. The summed E-state index contributed by atoms with van der Waals surface area (Å²) in [6.45, 7) is 6.63. The fourth-order valence-corrected chi connectivity index (χ4v) is 2.79. The van der Waals surface area contributed by atoms with Crippen molar-refractivity contribution in [2.75, 3.05) is 13.1 Å². The van der Waals surface area contributed by atoms with Crippen LogP contribution in [0.4, 0.5) is 0 Å². The van der Waals surface area contributed by atoms with Crippen molar-refractivity contribution in [3.8, 4) is 0 Å². The average Bonchev–Trinajstić information content (AvgIpc) is 1.91. The summed E-state index contributed by atoms with van der Waals surface area (Å²) in [6.07, 6.45) is 3.69. The maximum Gasteiger partial charge on any atom is 0.305 e. The lowest BCUT2D eigenvalue weighted by atomic mass is 9.68. The summed E-state index contributed by atoms with van der Waals surface area (Å²) in [5.74, 6) is -0.644. The van der Waals surface area contributed by atoms with Gasteiger partial charge in [-0.15, -0.1) is 0 Å². The molecule has 0 bridgehead atoms. The summed E-state index contributed by atoms with van der Waals surface area (Å²) < 4.78 is 0. The molecule has 1 saturated carbocycles. The van der Waals surface area contributed by atoms with Crippen LogP contribution in [0.2, 0.25) is 0 Å². The van der Waals surface area contributed by atoms with Gasteiger partial charge in [0.05, 0.1) is 6.42 Å². The number of carbonyl (C=O) groups is 1. The van der Waals surface area contributed by atoms with E-state index >= 15 is 0 Å². The van der Waals surface area contributed by atoms with Gasteiger partial charge in [0.1, 0.15) is 0 Å². The first-order valence-electron chi connectivity index (χ1n) is 5.41. The molecule has 1 aliphatic heterocycles. The van der Waals surface area contributed by atoms with E-state index in [2.05, 4.69) is 18.7 Å². The molecule has 0 spiro atoms. The van der Waals surface area contributed by atoms with Crippen molar-refractivity contribution < 1.29 is 9.90 Å². The van der Waals surface area contributed by atoms with Gasteiger partial charge in [-0.3, -0.25) is 9.69 Å². The summed E-state index contributed by atoms with van der Waals surface area (Å²) >= 11 is 0. The third-order valence-corrected chi connectivity index (χ3v) is 3.67. The van der Waals surface area contributed by atoms with Gasteiger partial charge in [0.25, 0.3) is 0 Å². The molecule has 0 amide bonds. The van der Waals surface area contributed by atoms with Crippen LogP contribution in [0.5, 0.6) is 0 Å². The molecular formula is C11H19NO2. The largest absolute Gasteiger partial charge is 0.481 e. The van der Waals surface area contributed by atoms with Gasteiger partial charge in [0.15, 0.2) is 0 Å². The molecule has 0 radical (unpaired) electrons. The number of carboxylic acids is 1. The smallest absolute Gasteiger partial charge is 0.305 e. The van der Waals surface area contributed by atoms with E-state index in [4.69, 9.17) is 5.11 Å². The Morgan fingerprint density at radius 2 is 1.93 bits per heavy atom. The molecule has 1 aliphatic carbocycles. The van der Waals surface area contributed by atoms with Crippen molar-refractivity contribution in [3.63, 3.8) is 0 Å². The van der Waals surface area contributed by atoms with E-state index in [1.807, 2.05) is 0 Å². The van der Waals surface area contributed by atoms with Crippen LogP contribution in [0.3, 0.4) is 0 Å². The van der Waals surface area contributed by atoms with Crippen LogP contribution in [0.15, 0.2) is 0 Å². The van der Waals surface area contributed by atoms with Crippen molar-refractivity contribution >= 4 is 5.97 Å². The van der Waals surface area contributed by atoms with Gasteiger partial charge in [-0.2, -0.15) is 0 Å². The minimum Gasteiger partial charge on any atom is -0.481 e. The Hall–Kier alpha value is -0.570. The van der Waals surface area contributed by atoms with E-state index in [9.17, 15) is 4.79 Å². The average molecular weight is 197 g/mol. The van der Waals surface area contributed by atoms with Gasteiger partial charge in [0.2, 0.25) is 0 Å². The number of aliphatic carboxylic acids is 1. The van der Waals surface area contributed by atoms with Gasteiger partial charge in [0, 0.05) is 18.6 Å². The van der Waals surface area contributed by atoms with Crippen molar-refractivity contribution in [2.24, 2.45) is 5.41 Å². The Kier molecular flexibility index (Phi) is 2.11. The van der Waals surface area contributed by atoms with E-state index in [0.717, 1.165) is 25.9 Å². The summed E-state index contributed by atoms with van der Waals surface area (Å²) in [7, 11) is 0. The molecule has 1 saturated heterocycles. The molecule has 2 aliphatic rings. The lowest BCUT2D eigenvalue weighted by Crippen LogP contribution is -2.66. The zero-order valence-electron chi connectivity index (χ0n) is 9.05. The van der Waals surface area contributed by atoms with Gasteiger partial charge >= 0.3 is 5.97 Å². The lowest BCUT2D eigenvalue weighted by molar-refractivity contribution is -0.150. The van der Waals surface area contributed by atoms with E-state index in [1.165, 1.54) is 6.42 Å². The predicted molar refractivity (Wildman–Crippen MR) is 54.2 cm³/mol. The Morgan fingerprint density at radius 1 is 1.36 bits per heavy atom. The maximum atomic E-state index is 10.8. The fraction of sp³-hybridized carbons (Fsp3) is 0.909. The minimum atomic E-state index is -0.644. The van der Waals surface area contributed by atoms with E-state index in [0.29, 0.717) is 11.8 Å². The highest BCUT2D eigenvalue weighted by molar-refractivity contribution is 5.68. The molecule has 0 aromatic carbocycles. The molecule has 0 unspecified atom stereocenters. The molecule has 2 fully saturated rings. The van der Waals surface area contributed by atoms with Crippen LogP contribution in [-0.4, -0.2) is 34.6 Å². The minimum absolute atomic E-state index is 0.0291. The molecule has 1 N–H and O–H groups in total. The SMILES string of the molecule is CC1(C)CN(C2(CC(=O)O)CCC2)C1. The lowest BCUT2D eigenvalue weighted by Gasteiger charge is -2.59. The zero-order valence-corrected chi connectivity index (χ0v) is 9.05. The normalized spacial score (nSPS) is 29.0.